The van der Waals surface area contributed by atoms with Gasteiger partial charge in [-0.25, -0.2) is 0 Å². The number of ether oxygens (including phenoxy) is 1. The van der Waals surface area contributed by atoms with Crippen LogP contribution < -0.4 is 5.32 Å². The number of amides is 1. The van der Waals surface area contributed by atoms with Gasteiger partial charge in [0.25, 0.3) is 5.91 Å². The Morgan fingerprint density at radius 3 is 3.15 bits per heavy atom. The maximum atomic E-state index is 12.4. The minimum absolute atomic E-state index is 0.0311. The summed E-state index contributed by atoms with van der Waals surface area (Å²) in [6.07, 6.45) is 6.32. The van der Waals surface area contributed by atoms with Crippen molar-refractivity contribution in [3.63, 3.8) is 0 Å². The van der Waals surface area contributed by atoms with Crippen LogP contribution in [0.15, 0.2) is 6.20 Å². The van der Waals surface area contributed by atoms with Gasteiger partial charge in [0.15, 0.2) is 0 Å². The number of aryl methyl sites for hydroxylation is 1. The van der Waals surface area contributed by atoms with E-state index in [0.29, 0.717) is 18.6 Å². The van der Waals surface area contributed by atoms with E-state index in [1.807, 2.05) is 13.2 Å². The Hall–Kier alpha value is -1.36. The van der Waals surface area contributed by atoms with Gasteiger partial charge in [-0.1, -0.05) is 13.3 Å². The molecule has 20 heavy (non-hydrogen) atoms. The number of rotatable bonds is 5. The standard InChI is InChI=1S/C15H23N3O2/c1-3-4-10-7-13(10)16-15(19)12-8-18(2)17-14(12)11-5-6-20-9-11/h8,10-11,13H,3-7,9H2,1-2H3,(H,16,19)/t10-,11+,13+/m1/s1. The van der Waals surface area contributed by atoms with Crippen molar-refractivity contribution < 1.29 is 9.53 Å². The Labute approximate surface area is 119 Å². The molecular formula is C15H23N3O2. The zero-order chi connectivity index (χ0) is 14.1. The van der Waals surface area contributed by atoms with Gasteiger partial charge in [-0.15, -0.1) is 0 Å². The van der Waals surface area contributed by atoms with Crippen LogP contribution in [0.2, 0.25) is 0 Å². The van der Waals surface area contributed by atoms with E-state index < -0.39 is 0 Å². The summed E-state index contributed by atoms with van der Waals surface area (Å²) in [5, 5.41) is 7.62. The largest absolute Gasteiger partial charge is 0.381 e. The Balaban J connectivity index is 1.68. The Bertz CT molecular complexity index is 491. The molecule has 1 aromatic rings. The van der Waals surface area contributed by atoms with E-state index in [1.54, 1.807) is 4.68 Å². The second kappa shape index (κ2) is 5.56. The number of carbonyl (C=O) groups excluding carboxylic acids is 1. The predicted molar refractivity (Wildman–Crippen MR) is 75.7 cm³/mol. The number of hydrogen-bond donors (Lipinski definition) is 1. The van der Waals surface area contributed by atoms with Gasteiger partial charge in [-0.2, -0.15) is 5.10 Å². The molecular weight excluding hydrogens is 254 g/mol. The SMILES string of the molecule is CCC[C@@H]1C[C@@H]1NC(=O)c1cn(C)nc1[C@H]1CCOC1. The molecule has 0 bridgehead atoms. The zero-order valence-corrected chi connectivity index (χ0v) is 12.3. The first-order chi connectivity index (χ1) is 9.69. The summed E-state index contributed by atoms with van der Waals surface area (Å²) in [6, 6.07) is 0.371. The van der Waals surface area contributed by atoms with Gasteiger partial charge in [0.1, 0.15) is 0 Å². The fourth-order valence-electron chi connectivity index (χ4n) is 3.09. The topological polar surface area (TPSA) is 56.2 Å². The molecule has 1 N–H and O–H groups in total. The van der Waals surface area contributed by atoms with Gasteiger partial charge in [0.2, 0.25) is 0 Å². The Kier molecular flexibility index (Phi) is 3.78. The van der Waals surface area contributed by atoms with Gasteiger partial charge >= 0.3 is 0 Å². The molecule has 2 fully saturated rings. The first-order valence-corrected chi connectivity index (χ1v) is 7.61. The quantitative estimate of drug-likeness (QED) is 0.893. The highest BCUT2D eigenvalue weighted by Crippen LogP contribution is 2.35. The van der Waals surface area contributed by atoms with E-state index in [9.17, 15) is 4.79 Å². The lowest BCUT2D eigenvalue weighted by Crippen LogP contribution is -2.27. The third-order valence-electron chi connectivity index (χ3n) is 4.32. The number of nitrogens with one attached hydrogen (secondary N) is 1. The van der Waals surface area contributed by atoms with Crippen LogP contribution in [0.4, 0.5) is 0 Å². The molecule has 2 aliphatic rings. The smallest absolute Gasteiger partial charge is 0.254 e. The maximum Gasteiger partial charge on any atom is 0.254 e. The molecule has 1 aromatic heterocycles. The summed E-state index contributed by atoms with van der Waals surface area (Å²) in [4.78, 5) is 12.4. The van der Waals surface area contributed by atoms with Gasteiger partial charge in [-0.3, -0.25) is 9.48 Å². The highest BCUT2D eigenvalue weighted by atomic mass is 16.5. The second-order valence-electron chi connectivity index (χ2n) is 6.03. The van der Waals surface area contributed by atoms with Crippen molar-refractivity contribution >= 4 is 5.91 Å². The van der Waals surface area contributed by atoms with Crippen LogP contribution >= 0.6 is 0 Å². The predicted octanol–water partition coefficient (Wildman–Crippen LogP) is 1.84. The third-order valence-corrected chi connectivity index (χ3v) is 4.32. The molecule has 0 aromatic carbocycles. The molecule has 0 unspecified atom stereocenters. The molecule has 2 heterocycles. The number of aromatic nitrogens is 2. The first-order valence-electron chi connectivity index (χ1n) is 7.61. The molecule has 5 heteroatoms. The van der Waals surface area contributed by atoms with Gasteiger partial charge in [0.05, 0.1) is 17.9 Å². The van der Waals surface area contributed by atoms with Crippen LogP contribution in [-0.4, -0.2) is 34.9 Å². The van der Waals surface area contributed by atoms with E-state index in [1.165, 1.54) is 12.8 Å². The van der Waals surface area contributed by atoms with Crippen LogP contribution in [0.5, 0.6) is 0 Å². The fraction of sp³-hybridized carbons (Fsp3) is 0.733. The van der Waals surface area contributed by atoms with Crippen LogP contribution in [0, 0.1) is 5.92 Å². The van der Waals surface area contributed by atoms with Crippen molar-refractivity contribution in [1.82, 2.24) is 15.1 Å². The van der Waals surface area contributed by atoms with Crippen LogP contribution in [0.3, 0.4) is 0 Å². The average Bonchev–Trinajstić information content (AvgIpc) is 2.84. The van der Waals surface area contributed by atoms with Crippen molar-refractivity contribution in [3.8, 4) is 0 Å². The minimum Gasteiger partial charge on any atom is -0.381 e. The summed E-state index contributed by atoms with van der Waals surface area (Å²) in [5.74, 6) is 0.977. The van der Waals surface area contributed by atoms with E-state index in [0.717, 1.165) is 30.7 Å². The molecule has 3 atom stereocenters. The average molecular weight is 277 g/mol. The van der Waals surface area contributed by atoms with Crippen molar-refractivity contribution in [2.24, 2.45) is 13.0 Å². The molecule has 1 aliphatic heterocycles. The highest BCUT2D eigenvalue weighted by molar-refractivity contribution is 5.95. The second-order valence-corrected chi connectivity index (χ2v) is 6.03. The number of carbonyl (C=O) groups is 1. The molecule has 1 amide bonds. The van der Waals surface area contributed by atoms with Crippen molar-refractivity contribution in [2.45, 2.75) is 44.6 Å². The van der Waals surface area contributed by atoms with E-state index in [2.05, 4.69) is 17.3 Å². The summed E-state index contributed by atoms with van der Waals surface area (Å²) in [6.45, 7) is 3.64. The van der Waals surface area contributed by atoms with Crippen molar-refractivity contribution in [2.75, 3.05) is 13.2 Å². The molecule has 1 saturated heterocycles. The maximum absolute atomic E-state index is 12.4. The Morgan fingerprint density at radius 1 is 1.60 bits per heavy atom. The lowest BCUT2D eigenvalue weighted by molar-refractivity contribution is 0.0947. The number of hydrogen-bond acceptors (Lipinski definition) is 3. The molecule has 110 valence electrons. The van der Waals surface area contributed by atoms with Crippen LogP contribution in [0.1, 0.15) is 54.6 Å². The summed E-state index contributed by atoms with van der Waals surface area (Å²) in [5.41, 5.74) is 1.63. The Morgan fingerprint density at radius 2 is 2.45 bits per heavy atom. The molecule has 1 saturated carbocycles. The van der Waals surface area contributed by atoms with Crippen molar-refractivity contribution in [3.05, 3.63) is 17.5 Å². The summed E-state index contributed by atoms with van der Waals surface area (Å²) < 4.78 is 7.15. The normalized spacial score (nSPS) is 28.6. The van der Waals surface area contributed by atoms with E-state index in [4.69, 9.17) is 4.74 Å². The van der Waals surface area contributed by atoms with Crippen LogP contribution in [-0.2, 0) is 11.8 Å². The fourth-order valence-corrected chi connectivity index (χ4v) is 3.09. The lowest BCUT2D eigenvalue weighted by atomic mass is 10.0. The first kappa shape index (κ1) is 13.6. The van der Waals surface area contributed by atoms with E-state index in [-0.39, 0.29) is 11.8 Å². The minimum atomic E-state index is 0.0311. The van der Waals surface area contributed by atoms with Crippen LogP contribution in [0.25, 0.3) is 0 Å². The summed E-state index contributed by atoms with van der Waals surface area (Å²) >= 11 is 0. The highest BCUT2D eigenvalue weighted by Gasteiger charge is 2.38. The number of nitrogens with zero attached hydrogens (tertiary/aromatic N) is 2. The van der Waals surface area contributed by atoms with Gasteiger partial charge < -0.3 is 10.1 Å². The third kappa shape index (κ3) is 2.73. The molecule has 0 spiro atoms. The lowest BCUT2D eigenvalue weighted by Gasteiger charge is -2.08. The van der Waals surface area contributed by atoms with E-state index >= 15 is 0 Å². The zero-order valence-electron chi connectivity index (χ0n) is 12.3. The molecule has 3 rings (SSSR count). The summed E-state index contributed by atoms with van der Waals surface area (Å²) in [7, 11) is 1.87. The molecule has 1 aliphatic carbocycles. The molecule has 0 radical (unpaired) electrons. The monoisotopic (exact) mass is 277 g/mol. The van der Waals surface area contributed by atoms with Gasteiger partial charge in [0, 0.05) is 31.8 Å². The molecule has 5 nitrogen and oxygen atoms in total. The van der Waals surface area contributed by atoms with Gasteiger partial charge in [-0.05, 0) is 25.2 Å². The van der Waals surface area contributed by atoms with Crippen molar-refractivity contribution in [1.29, 1.82) is 0 Å².